The van der Waals surface area contributed by atoms with Crippen LogP contribution in [0, 0.1) is 5.82 Å². The minimum atomic E-state index is -3.27. The van der Waals surface area contributed by atoms with Crippen molar-refractivity contribution in [3.63, 3.8) is 0 Å². The van der Waals surface area contributed by atoms with Crippen molar-refractivity contribution in [3.8, 4) is 17.2 Å². The number of H-pyrrole nitrogens is 1. The van der Waals surface area contributed by atoms with Crippen LogP contribution in [0.2, 0.25) is 0 Å². The smallest absolute Gasteiger partial charge is 0.175 e. The number of sulfone groups is 1. The van der Waals surface area contributed by atoms with E-state index in [0.717, 1.165) is 52.9 Å². The Balaban J connectivity index is 0.000000274. The van der Waals surface area contributed by atoms with E-state index in [0.29, 0.717) is 11.5 Å². The lowest BCUT2D eigenvalue weighted by Gasteiger charge is -2.54. The first-order chi connectivity index (χ1) is 39.9. The molecule has 0 saturated carbocycles. The highest BCUT2D eigenvalue weighted by molar-refractivity contribution is 8.32. The summed E-state index contributed by atoms with van der Waals surface area (Å²) in [5.74, 6) is 1.83. The van der Waals surface area contributed by atoms with Crippen molar-refractivity contribution >= 4 is 312 Å². The Morgan fingerprint density at radius 2 is 1.07 bits per heavy atom. The third-order valence-electron chi connectivity index (χ3n) is 17.1. The topological polar surface area (TPSA) is 80.9 Å². The van der Waals surface area contributed by atoms with Gasteiger partial charge in [0.1, 0.15) is 18.2 Å². The third kappa shape index (κ3) is 16.9. The Labute approximate surface area is 543 Å². The van der Waals surface area contributed by atoms with E-state index in [1.807, 2.05) is 18.2 Å². The number of benzene rings is 4. The van der Waals surface area contributed by atoms with Gasteiger partial charge in [0, 0.05) is 326 Å². The van der Waals surface area contributed by atoms with E-state index in [2.05, 4.69) is 34.1 Å². The molecule has 43 radical (unpaired) electrons. The number of fused-ring (bicyclic) bond motifs is 6. The van der Waals surface area contributed by atoms with Crippen LogP contribution in [0.25, 0.3) is 10.9 Å². The SMILES string of the molecule is COc1ccc2[nH]c3c(c2c1)CC1c2cc(OCc4ccc(S(C)(=O)=O)cc4)c(OC)cc2CCN1C3c1ccc(F)cc1.[B][B]B(B([B])[B])B(B([B])[B])B(B(B(B([B])[B])B([B])[B])B(B([B])[B])B([B])[B])B(B(B([B])[B])B([B])[B])B(B([B])[B])B([B])[B]. The molecule has 2 aliphatic heterocycles. The Kier molecular flexibility index (Phi) is 26.9. The monoisotopic (exact) mass is 1060 g/mol. The van der Waals surface area contributed by atoms with Gasteiger partial charge in [-0.3, -0.25) is 4.90 Å². The fourth-order valence-electron chi connectivity index (χ4n) is 13.4. The number of aromatic nitrogens is 1. The van der Waals surface area contributed by atoms with Gasteiger partial charge in [0.2, 0.25) is 0 Å². The van der Waals surface area contributed by atoms with Crippen molar-refractivity contribution < 1.29 is 27.0 Å². The molecule has 2 atom stereocenters. The molecule has 3 heterocycles. The van der Waals surface area contributed by atoms with Gasteiger partial charge in [0.05, 0.1) is 25.2 Å². The molecule has 0 aliphatic carbocycles. The molecule has 7 nitrogen and oxygen atoms in total. The van der Waals surface area contributed by atoms with Crippen molar-refractivity contribution in [2.75, 3.05) is 27.0 Å². The molecule has 349 valence electrons. The molecule has 50 heteroatoms. The average molecular weight is 1060 g/mol. The number of rotatable bonds is 26. The van der Waals surface area contributed by atoms with Gasteiger partial charge in [0.15, 0.2) is 21.3 Å². The molecule has 0 saturated heterocycles. The van der Waals surface area contributed by atoms with Crippen LogP contribution >= 0.6 is 0 Å². The lowest BCUT2D eigenvalue weighted by molar-refractivity contribution is 0.127. The van der Waals surface area contributed by atoms with E-state index in [4.69, 9.17) is 177 Å². The van der Waals surface area contributed by atoms with Gasteiger partial charge in [-0.15, -0.1) is 0 Å². The maximum absolute atomic E-state index is 14.0. The van der Waals surface area contributed by atoms with Crippen LogP contribution in [0.15, 0.2) is 83.8 Å². The third-order valence-corrected chi connectivity index (χ3v) is 18.3. The summed E-state index contributed by atoms with van der Waals surface area (Å²) in [7, 11) is 133. The largest absolute Gasteiger partial charge is 0.497 e. The van der Waals surface area contributed by atoms with Gasteiger partial charge in [0.25, 0.3) is 0 Å². The minimum absolute atomic E-state index is 0.0498. The van der Waals surface area contributed by atoms with Crippen molar-refractivity contribution in [3.05, 3.63) is 118 Å². The fourth-order valence-corrected chi connectivity index (χ4v) is 14.0. The van der Waals surface area contributed by atoms with Gasteiger partial charge < -0.3 is 19.2 Å². The summed E-state index contributed by atoms with van der Waals surface area (Å²) in [6.45, 7) is 1.09. The molecule has 85 heavy (non-hydrogen) atoms. The molecule has 0 fully saturated rings. The van der Waals surface area contributed by atoms with Crippen LogP contribution in [-0.2, 0) is 29.3 Å². The molecular formula is C35H33B41FN2O5S. The summed E-state index contributed by atoms with van der Waals surface area (Å²) in [6.07, 6.45) is -18.5. The van der Waals surface area contributed by atoms with E-state index < -0.39 is 131 Å². The van der Waals surface area contributed by atoms with Gasteiger partial charge in [-0.05, 0) is 95.3 Å². The van der Waals surface area contributed by atoms with Crippen molar-refractivity contribution in [2.24, 2.45) is 0 Å². The highest BCUT2D eigenvalue weighted by Gasteiger charge is 2.57. The van der Waals surface area contributed by atoms with Gasteiger partial charge in [-0.25, -0.2) is 12.8 Å². The van der Waals surface area contributed by atoms with Crippen LogP contribution in [0.5, 0.6) is 17.2 Å². The molecule has 1 N–H and O–H groups in total. The van der Waals surface area contributed by atoms with Crippen LogP contribution in [-0.4, -0.2) is 336 Å². The van der Waals surface area contributed by atoms with E-state index in [1.54, 1.807) is 38.5 Å². The zero-order valence-corrected chi connectivity index (χ0v) is 49.3. The second-order valence-electron chi connectivity index (χ2n) is 22.7. The van der Waals surface area contributed by atoms with Crippen LogP contribution in [0.3, 0.4) is 0 Å². The molecule has 0 amide bonds. The number of nitrogens with zero attached hydrogens (tertiary/aromatic N) is 1. The highest BCUT2D eigenvalue weighted by Crippen LogP contribution is 2.50. The molecule has 2 aliphatic rings. The fraction of sp³-hybridized carbons (Fsp3) is 0.257. The summed E-state index contributed by atoms with van der Waals surface area (Å²) in [4.78, 5) is 6.47. The van der Waals surface area contributed by atoms with Gasteiger partial charge in [-0.2, -0.15) is 0 Å². The zero-order chi connectivity index (χ0) is 63.3. The second kappa shape index (κ2) is 31.6. The van der Waals surface area contributed by atoms with E-state index in [1.165, 1.54) is 42.1 Å². The number of aromatic amines is 1. The summed E-state index contributed by atoms with van der Waals surface area (Å²) in [5, 5.41) is 1.13. The highest BCUT2D eigenvalue weighted by atomic mass is 32.2. The maximum atomic E-state index is 14.0. The van der Waals surface area contributed by atoms with Crippen molar-refractivity contribution in [2.45, 2.75) is 36.4 Å². The molecule has 0 spiro atoms. The molecule has 2 unspecified atom stereocenters. The van der Waals surface area contributed by atoms with Crippen LogP contribution in [0.4, 0.5) is 4.39 Å². The predicted molar refractivity (Wildman–Crippen MR) is 403 cm³/mol. The zero-order valence-electron chi connectivity index (χ0n) is 48.4. The molecule has 0 bridgehead atoms. The van der Waals surface area contributed by atoms with Crippen molar-refractivity contribution in [1.82, 2.24) is 9.88 Å². The summed E-state index contributed by atoms with van der Waals surface area (Å²) < 4.78 is 55.4. The normalized spacial score (nSPS) is 13.9. The first-order valence-electron chi connectivity index (χ1n) is 27.9. The quantitative estimate of drug-likeness (QED) is 0.0556. The lowest BCUT2D eigenvalue weighted by atomic mass is 8.27. The Bertz CT molecular complexity index is 2950. The van der Waals surface area contributed by atoms with Crippen molar-refractivity contribution in [1.29, 1.82) is 0 Å². The number of nitrogens with one attached hydrogen (secondary N) is 1. The minimum Gasteiger partial charge on any atom is -0.497 e. The first-order valence-corrected chi connectivity index (χ1v) is 29.8. The summed E-state index contributed by atoms with van der Waals surface area (Å²) in [5.41, 5.74) is 7.67. The second-order valence-corrected chi connectivity index (χ2v) is 24.7. The lowest BCUT2D eigenvalue weighted by Crippen LogP contribution is -2.92. The van der Waals surface area contributed by atoms with Crippen LogP contribution < -0.4 is 14.2 Å². The number of ether oxygens (including phenoxy) is 3. The van der Waals surface area contributed by atoms with Crippen LogP contribution in [0.1, 0.15) is 45.6 Å². The number of hydrogen-bond donors (Lipinski definition) is 1. The Morgan fingerprint density at radius 1 is 0.588 bits per heavy atom. The Morgan fingerprint density at radius 3 is 1.49 bits per heavy atom. The summed E-state index contributed by atoms with van der Waals surface area (Å²) >= 11 is 0. The molecular weight excluding hydrogens is 1020 g/mol. The molecule has 1 aromatic heterocycles. The van der Waals surface area contributed by atoms with Gasteiger partial charge in [-0.1, -0.05) is 24.3 Å². The maximum Gasteiger partial charge on any atom is 0.175 e. The molecule has 7 rings (SSSR count). The molecule has 5 aromatic rings. The summed E-state index contributed by atoms with van der Waals surface area (Å²) in [6, 6.07) is 23.8. The average Bonchev–Trinajstić information content (AvgIpc) is 1.77. The number of halogens is 1. The van der Waals surface area contributed by atoms with E-state index in [9.17, 15) is 12.8 Å². The van der Waals surface area contributed by atoms with E-state index >= 15 is 0 Å². The van der Waals surface area contributed by atoms with E-state index in [-0.39, 0.29) is 29.4 Å². The molecule has 4 aromatic carbocycles. The number of methoxy groups -OCH3 is 2. The predicted octanol–water partition coefficient (Wildman–Crippen LogP) is -9.06. The Hall–Kier alpha value is -1.68. The number of hydrogen-bond acceptors (Lipinski definition) is 6. The standard InChI is InChI=1S/C35H33FN2O5S.B41/c1-41-25-10-13-30-28(17-25)29-18-31-27-19-33(43-20-21-4-11-26(12-5-21)44(3,39)40)32(42-2)16-23(27)14-15-38(31)35(34(29)37-30)22-6-8-24(36)9-7-22;1-22-33(23(2)3)38(32(20)21)41(39(34(24(4)5)25(6)7)35(26(8)9)27(10)11)40(36(28(12)13)29(14)15)37(30(16)17)31(18)19/h4-13,16-17,19,31,35,37H,14-15,18,20H2,1-3H3;. The first kappa shape index (κ1) is 72.4. The van der Waals surface area contributed by atoms with Gasteiger partial charge >= 0.3 is 0 Å².